The third-order valence-electron chi connectivity index (χ3n) is 4.26. The van der Waals surface area contributed by atoms with Gasteiger partial charge in [-0.3, -0.25) is 4.98 Å². The predicted molar refractivity (Wildman–Crippen MR) is 85.0 cm³/mol. The Balaban J connectivity index is 2.09. The van der Waals surface area contributed by atoms with Crippen LogP contribution in [0.3, 0.4) is 0 Å². The first-order valence-corrected chi connectivity index (χ1v) is 7.56. The van der Waals surface area contributed by atoms with Crippen LogP contribution in [0, 0.1) is 5.82 Å². The van der Waals surface area contributed by atoms with Crippen molar-refractivity contribution in [3.8, 4) is 11.1 Å². The summed E-state index contributed by atoms with van der Waals surface area (Å²) in [5.41, 5.74) is 4.42. The minimum Gasteiger partial charge on any atom is -0.392 e. The van der Waals surface area contributed by atoms with Crippen LogP contribution in [0.15, 0.2) is 48.5 Å². The summed E-state index contributed by atoms with van der Waals surface area (Å²) in [5.74, 6) is 0.161. The topological polar surface area (TPSA) is 33.1 Å². The molecule has 4 rings (SSSR count). The summed E-state index contributed by atoms with van der Waals surface area (Å²) in [4.78, 5) is 4.76. The van der Waals surface area contributed by atoms with Crippen molar-refractivity contribution in [2.24, 2.45) is 0 Å². The summed E-state index contributed by atoms with van der Waals surface area (Å²) < 4.78 is 13.7. The van der Waals surface area contributed by atoms with E-state index in [4.69, 9.17) is 4.98 Å². The van der Waals surface area contributed by atoms with Crippen LogP contribution in [0.25, 0.3) is 22.0 Å². The zero-order valence-corrected chi connectivity index (χ0v) is 12.1. The zero-order chi connectivity index (χ0) is 15.1. The van der Waals surface area contributed by atoms with Crippen LogP contribution in [0.1, 0.15) is 30.0 Å². The van der Waals surface area contributed by atoms with Crippen molar-refractivity contribution in [3.63, 3.8) is 0 Å². The van der Waals surface area contributed by atoms with Gasteiger partial charge in [0.2, 0.25) is 0 Å². The van der Waals surface area contributed by atoms with Gasteiger partial charge >= 0.3 is 0 Å². The molecule has 0 aliphatic heterocycles. The van der Waals surface area contributed by atoms with E-state index in [-0.39, 0.29) is 12.4 Å². The molecule has 1 saturated carbocycles. The molecule has 1 fully saturated rings. The first-order valence-electron chi connectivity index (χ1n) is 7.56. The molecule has 0 radical (unpaired) electrons. The van der Waals surface area contributed by atoms with E-state index < -0.39 is 0 Å². The van der Waals surface area contributed by atoms with Gasteiger partial charge in [0.15, 0.2) is 0 Å². The second-order valence-corrected chi connectivity index (χ2v) is 5.81. The third kappa shape index (κ3) is 2.18. The second kappa shape index (κ2) is 5.18. The van der Waals surface area contributed by atoms with Crippen LogP contribution >= 0.6 is 0 Å². The van der Waals surface area contributed by atoms with Crippen LogP contribution in [0.2, 0.25) is 0 Å². The molecule has 1 heterocycles. The molecule has 0 unspecified atom stereocenters. The van der Waals surface area contributed by atoms with Gasteiger partial charge in [0.1, 0.15) is 5.82 Å². The summed E-state index contributed by atoms with van der Waals surface area (Å²) in [7, 11) is 0. The Morgan fingerprint density at radius 2 is 1.91 bits per heavy atom. The van der Waals surface area contributed by atoms with Crippen molar-refractivity contribution >= 4 is 10.9 Å². The van der Waals surface area contributed by atoms with Crippen molar-refractivity contribution in [2.75, 3.05) is 0 Å². The van der Waals surface area contributed by atoms with Gasteiger partial charge in [-0.15, -0.1) is 0 Å². The average molecular weight is 293 g/mol. The minimum atomic E-state index is -0.268. The van der Waals surface area contributed by atoms with E-state index in [0.717, 1.165) is 46.1 Å². The van der Waals surface area contributed by atoms with Gasteiger partial charge in [0.25, 0.3) is 0 Å². The van der Waals surface area contributed by atoms with Crippen molar-refractivity contribution in [1.82, 2.24) is 4.98 Å². The van der Waals surface area contributed by atoms with E-state index >= 15 is 0 Å². The van der Waals surface area contributed by atoms with Gasteiger partial charge in [-0.2, -0.15) is 0 Å². The maximum Gasteiger partial charge on any atom is 0.123 e. The molecule has 3 aromatic rings. The van der Waals surface area contributed by atoms with Gasteiger partial charge in [0.05, 0.1) is 17.8 Å². The molecule has 1 aliphatic rings. The van der Waals surface area contributed by atoms with Crippen molar-refractivity contribution in [3.05, 3.63) is 65.6 Å². The number of aliphatic hydroxyl groups is 1. The Hall–Kier alpha value is -2.26. The molecular weight excluding hydrogens is 277 g/mol. The number of hydrogen-bond acceptors (Lipinski definition) is 2. The third-order valence-corrected chi connectivity index (χ3v) is 4.26. The first kappa shape index (κ1) is 13.4. The van der Waals surface area contributed by atoms with Gasteiger partial charge in [-0.1, -0.05) is 30.3 Å². The second-order valence-electron chi connectivity index (χ2n) is 5.81. The molecule has 0 atom stereocenters. The summed E-state index contributed by atoms with van der Waals surface area (Å²) in [6.07, 6.45) is 2.22. The smallest absolute Gasteiger partial charge is 0.123 e. The molecule has 3 heteroatoms. The summed E-state index contributed by atoms with van der Waals surface area (Å²) in [6.45, 7) is -0.0739. The molecule has 1 N–H and O–H groups in total. The van der Waals surface area contributed by atoms with Crippen LogP contribution < -0.4 is 0 Å². The van der Waals surface area contributed by atoms with E-state index in [9.17, 15) is 9.50 Å². The Morgan fingerprint density at radius 1 is 1.09 bits per heavy atom. The fourth-order valence-electron chi connectivity index (χ4n) is 3.10. The number of halogens is 1. The van der Waals surface area contributed by atoms with E-state index in [1.54, 1.807) is 6.07 Å². The highest BCUT2D eigenvalue weighted by Gasteiger charge is 2.29. The molecule has 1 aliphatic carbocycles. The van der Waals surface area contributed by atoms with Crippen molar-refractivity contribution < 1.29 is 9.50 Å². The average Bonchev–Trinajstić information content (AvgIpc) is 3.37. The monoisotopic (exact) mass is 293 g/mol. The molecule has 0 saturated heterocycles. The lowest BCUT2D eigenvalue weighted by Gasteiger charge is -2.16. The quantitative estimate of drug-likeness (QED) is 0.776. The predicted octanol–water partition coefficient (Wildman–Crippen LogP) is 4.41. The number of aliphatic hydroxyl groups excluding tert-OH is 1. The lowest BCUT2D eigenvalue weighted by atomic mass is 9.93. The van der Waals surface area contributed by atoms with Gasteiger partial charge in [-0.25, -0.2) is 4.39 Å². The lowest BCUT2D eigenvalue weighted by Crippen LogP contribution is -2.01. The van der Waals surface area contributed by atoms with E-state index in [2.05, 4.69) is 0 Å². The normalized spacial score (nSPS) is 14.5. The van der Waals surface area contributed by atoms with E-state index in [1.807, 2.05) is 30.3 Å². The van der Waals surface area contributed by atoms with Crippen LogP contribution in [0.4, 0.5) is 4.39 Å². The number of rotatable bonds is 3. The van der Waals surface area contributed by atoms with E-state index in [1.165, 1.54) is 12.1 Å². The standard InChI is InChI=1S/C19H16FNO/c20-14-5-3-4-13(10-14)18-15-6-1-2-7-17(15)21-19(12-8-9-12)16(18)11-22/h1-7,10,12,22H,8-9,11H2. The summed E-state index contributed by atoms with van der Waals surface area (Å²) in [5, 5.41) is 10.9. The number of hydrogen-bond donors (Lipinski definition) is 1. The zero-order valence-electron chi connectivity index (χ0n) is 12.1. The number of fused-ring (bicyclic) bond motifs is 1. The highest BCUT2D eigenvalue weighted by Crippen LogP contribution is 2.44. The maximum atomic E-state index is 13.7. The van der Waals surface area contributed by atoms with Crippen LogP contribution in [0.5, 0.6) is 0 Å². The van der Waals surface area contributed by atoms with Gasteiger partial charge in [-0.05, 0) is 42.2 Å². The molecule has 22 heavy (non-hydrogen) atoms. The molecule has 0 spiro atoms. The van der Waals surface area contributed by atoms with E-state index in [0.29, 0.717) is 5.92 Å². The molecule has 1 aromatic heterocycles. The highest BCUT2D eigenvalue weighted by atomic mass is 19.1. The van der Waals surface area contributed by atoms with Crippen LogP contribution in [-0.2, 0) is 6.61 Å². The number of benzene rings is 2. The summed E-state index contributed by atoms with van der Waals surface area (Å²) >= 11 is 0. The Labute approximate surface area is 128 Å². The largest absolute Gasteiger partial charge is 0.392 e. The number of aromatic nitrogens is 1. The maximum absolute atomic E-state index is 13.7. The lowest BCUT2D eigenvalue weighted by molar-refractivity contribution is 0.280. The highest BCUT2D eigenvalue weighted by molar-refractivity contribution is 5.96. The molecule has 0 bridgehead atoms. The van der Waals surface area contributed by atoms with Crippen molar-refractivity contribution in [1.29, 1.82) is 0 Å². The Bertz CT molecular complexity index is 855. The number of nitrogens with zero attached hydrogens (tertiary/aromatic N) is 1. The molecular formula is C19H16FNO. The Morgan fingerprint density at radius 3 is 2.64 bits per heavy atom. The van der Waals surface area contributed by atoms with Crippen LogP contribution in [-0.4, -0.2) is 10.1 Å². The minimum absolute atomic E-state index is 0.0739. The summed E-state index contributed by atoms with van der Waals surface area (Å²) in [6, 6.07) is 14.4. The SMILES string of the molecule is OCc1c(C2CC2)nc2ccccc2c1-c1cccc(F)c1. The number of pyridine rings is 1. The fourth-order valence-corrected chi connectivity index (χ4v) is 3.10. The first-order chi connectivity index (χ1) is 10.8. The molecule has 2 nitrogen and oxygen atoms in total. The Kier molecular flexibility index (Phi) is 3.16. The van der Waals surface area contributed by atoms with Crippen molar-refractivity contribution in [2.45, 2.75) is 25.4 Å². The fraction of sp³-hybridized carbons (Fsp3) is 0.211. The van der Waals surface area contributed by atoms with Gasteiger partial charge in [0, 0.05) is 16.9 Å². The molecule has 110 valence electrons. The van der Waals surface area contributed by atoms with Gasteiger partial charge < -0.3 is 5.11 Å². The number of para-hydroxylation sites is 1. The molecule has 2 aromatic carbocycles. The molecule has 0 amide bonds.